The molecule has 0 radical (unpaired) electrons. The summed E-state index contributed by atoms with van der Waals surface area (Å²) in [6.45, 7) is 11.0. The number of hydrogen-bond donors (Lipinski definition) is 2. The molecule has 0 rings (SSSR count). The summed E-state index contributed by atoms with van der Waals surface area (Å²) in [6, 6.07) is 0. The fourth-order valence-electron chi connectivity index (χ4n) is 0.462. The van der Waals surface area contributed by atoms with Crippen molar-refractivity contribution in [1.29, 1.82) is 0 Å². The number of nitrogens with two attached hydrogens (primary N) is 1. The van der Waals surface area contributed by atoms with E-state index in [9.17, 15) is 14.4 Å². The predicted molar refractivity (Wildman–Crippen MR) is 74.2 cm³/mol. The molecule has 0 aromatic heterocycles. The van der Waals surface area contributed by atoms with Gasteiger partial charge in [0.05, 0.1) is 13.1 Å². The zero-order chi connectivity index (χ0) is 15.1. The van der Waals surface area contributed by atoms with Gasteiger partial charge in [-0.05, 0) is 6.92 Å². The van der Waals surface area contributed by atoms with Crippen LogP contribution in [0.5, 0.6) is 0 Å². The Balaban J connectivity index is -0.000000270. The van der Waals surface area contributed by atoms with Gasteiger partial charge in [0, 0.05) is 12.3 Å². The molecule has 3 N–H and O–H groups in total. The van der Waals surface area contributed by atoms with Crippen LogP contribution in [0.15, 0.2) is 0 Å². The highest BCUT2D eigenvalue weighted by molar-refractivity contribution is 5.87. The zero-order valence-electron chi connectivity index (χ0n) is 12.5. The van der Waals surface area contributed by atoms with Gasteiger partial charge in [0.25, 0.3) is 0 Å². The van der Waals surface area contributed by atoms with E-state index in [4.69, 9.17) is 5.73 Å². The molecule has 0 fully saturated rings. The van der Waals surface area contributed by atoms with Gasteiger partial charge >= 0.3 is 0 Å². The number of ketones is 2. The minimum Gasteiger partial charge on any atom is -0.348 e. The van der Waals surface area contributed by atoms with E-state index in [0.717, 1.165) is 0 Å². The molecule has 0 saturated heterocycles. The van der Waals surface area contributed by atoms with Crippen LogP contribution in [-0.2, 0) is 14.4 Å². The number of rotatable bonds is 5. The van der Waals surface area contributed by atoms with Crippen LogP contribution in [-0.4, -0.2) is 30.6 Å². The monoisotopic (exact) mass is 260 g/mol. The van der Waals surface area contributed by atoms with Crippen LogP contribution in [0.4, 0.5) is 0 Å². The molecular formula is C13H28N2O3. The molecule has 18 heavy (non-hydrogen) atoms. The molecular weight excluding hydrogens is 232 g/mol. The number of Topliss-reactive ketones (excluding diaryl/α,β-unsaturated/α-hetero) is 2. The molecule has 0 aliphatic rings. The molecule has 0 heterocycles. The van der Waals surface area contributed by atoms with Crippen molar-refractivity contribution in [3.8, 4) is 0 Å². The standard InChI is InChI=1S/C7H14N2O2.C4H8O.C2H6/c1-5(2)6(10)4-9-7(11)3-8;1-3-4(2)5;1-2/h5H,3-4,8H2,1-2H3,(H,9,11);3H2,1-2H3;1-2H3. The summed E-state index contributed by atoms with van der Waals surface area (Å²) in [6.07, 6.45) is 0.667. The molecule has 0 bridgehead atoms. The summed E-state index contributed by atoms with van der Waals surface area (Å²) < 4.78 is 0. The highest BCUT2D eigenvalue weighted by Crippen LogP contribution is 1.91. The first-order chi connectivity index (χ1) is 8.34. The van der Waals surface area contributed by atoms with E-state index < -0.39 is 0 Å². The van der Waals surface area contributed by atoms with Crippen molar-refractivity contribution in [1.82, 2.24) is 5.32 Å². The van der Waals surface area contributed by atoms with E-state index in [2.05, 4.69) is 5.32 Å². The molecule has 0 aliphatic heterocycles. The first-order valence-corrected chi connectivity index (χ1v) is 6.34. The van der Waals surface area contributed by atoms with Crippen molar-refractivity contribution in [3.05, 3.63) is 0 Å². The molecule has 108 valence electrons. The van der Waals surface area contributed by atoms with Crippen LogP contribution in [0.2, 0.25) is 0 Å². The predicted octanol–water partition coefficient (Wildman–Crippen LogP) is 1.30. The summed E-state index contributed by atoms with van der Waals surface area (Å²) >= 11 is 0. The maximum Gasteiger partial charge on any atom is 0.234 e. The van der Waals surface area contributed by atoms with Crippen molar-refractivity contribution >= 4 is 17.5 Å². The fourth-order valence-corrected chi connectivity index (χ4v) is 0.462. The second kappa shape index (κ2) is 15.8. The molecule has 0 saturated carbocycles. The smallest absolute Gasteiger partial charge is 0.234 e. The van der Waals surface area contributed by atoms with Crippen molar-refractivity contribution in [2.24, 2.45) is 11.7 Å². The highest BCUT2D eigenvalue weighted by Gasteiger charge is 2.07. The van der Waals surface area contributed by atoms with Crippen LogP contribution in [0.3, 0.4) is 0 Å². The van der Waals surface area contributed by atoms with Gasteiger partial charge in [-0.2, -0.15) is 0 Å². The van der Waals surface area contributed by atoms with Gasteiger partial charge in [0.2, 0.25) is 5.91 Å². The first kappa shape index (κ1) is 22.0. The summed E-state index contributed by atoms with van der Waals surface area (Å²) in [4.78, 5) is 31.3. The SMILES string of the molecule is CC.CC(C)C(=O)CNC(=O)CN.CCC(C)=O. The third-order valence-electron chi connectivity index (χ3n) is 1.79. The topological polar surface area (TPSA) is 89.3 Å². The fraction of sp³-hybridized carbons (Fsp3) is 0.769. The van der Waals surface area contributed by atoms with Crippen LogP contribution in [0, 0.1) is 5.92 Å². The second-order valence-corrected chi connectivity index (χ2v) is 3.66. The summed E-state index contributed by atoms with van der Waals surface area (Å²) in [5.41, 5.74) is 5.01. The second-order valence-electron chi connectivity index (χ2n) is 3.66. The van der Waals surface area contributed by atoms with Crippen molar-refractivity contribution in [2.45, 2.75) is 48.0 Å². The number of amides is 1. The molecule has 1 amide bonds. The maximum absolute atomic E-state index is 10.9. The molecule has 0 spiro atoms. The molecule has 0 aliphatic carbocycles. The average Bonchev–Trinajstić information content (AvgIpc) is 2.38. The quantitative estimate of drug-likeness (QED) is 0.779. The molecule has 5 nitrogen and oxygen atoms in total. The Labute approximate surface area is 111 Å². The Morgan fingerprint density at radius 2 is 1.56 bits per heavy atom. The van der Waals surface area contributed by atoms with Crippen molar-refractivity contribution < 1.29 is 14.4 Å². The Hall–Kier alpha value is -1.23. The van der Waals surface area contributed by atoms with Gasteiger partial charge < -0.3 is 15.8 Å². The van der Waals surface area contributed by atoms with E-state index in [1.807, 2.05) is 20.8 Å². The minimum atomic E-state index is -0.293. The van der Waals surface area contributed by atoms with Gasteiger partial charge in [0.1, 0.15) is 5.78 Å². The van der Waals surface area contributed by atoms with Crippen LogP contribution in [0.1, 0.15) is 48.0 Å². The van der Waals surface area contributed by atoms with Gasteiger partial charge in [0.15, 0.2) is 5.78 Å². The van der Waals surface area contributed by atoms with Crippen molar-refractivity contribution in [2.75, 3.05) is 13.1 Å². The molecule has 0 unspecified atom stereocenters. The molecule has 0 aromatic rings. The largest absolute Gasteiger partial charge is 0.348 e. The lowest BCUT2D eigenvalue weighted by molar-refractivity contribution is -0.125. The molecule has 0 aromatic carbocycles. The van der Waals surface area contributed by atoms with Crippen LogP contribution >= 0.6 is 0 Å². The third-order valence-corrected chi connectivity index (χ3v) is 1.79. The Morgan fingerprint density at radius 3 is 1.78 bits per heavy atom. The van der Waals surface area contributed by atoms with E-state index in [0.29, 0.717) is 6.42 Å². The van der Waals surface area contributed by atoms with Crippen LogP contribution < -0.4 is 11.1 Å². The summed E-state index contributed by atoms with van der Waals surface area (Å²) in [5.74, 6) is -0.0520. The number of nitrogens with one attached hydrogen (secondary N) is 1. The lowest BCUT2D eigenvalue weighted by Crippen LogP contribution is -2.35. The van der Waals surface area contributed by atoms with E-state index in [1.165, 1.54) is 0 Å². The van der Waals surface area contributed by atoms with Gasteiger partial charge in [-0.25, -0.2) is 0 Å². The lowest BCUT2D eigenvalue weighted by atomic mass is 10.1. The molecule has 0 atom stereocenters. The van der Waals surface area contributed by atoms with Gasteiger partial charge in [-0.15, -0.1) is 0 Å². The number of hydrogen-bond acceptors (Lipinski definition) is 4. The normalized spacial score (nSPS) is 8.44. The number of carbonyl (C=O) groups excluding carboxylic acids is 3. The Morgan fingerprint density at radius 1 is 1.17 bits per heavy atom. The van der Waals surface area contributed by atoms with Crippen LogP contribution in [0.25, 0.3) is 0 Å². The van der Waals surface area contributed by atoms with E-state index in [-0.39, 0.29) is 36.5 Å². The summed E-state index contributed by atoms with van der Waals surface area (Å²) in [5, 5.41) is 2.40. The highest BCUT2D eigenvalue weighted by atomic mass is 16.2. The molecule has 5 heteroatoms. The van der Waals surface area contributed by atoms with Gasteiger partial charge in [-0.1, -0.05) is 34.6 Å². The van der Waals surface area contributed by atoms with E-state index >= 15 is 0 Å². The lowest BCUT2D eigenvalue weighted by Gasteiger charge is -2.04. The van der Waals surface area contributed by atoms with E-state index in [1.54, 1.807) is 20.8 Å². The average molecular weight is 260 g/mol. The third kappa shape index (κ3) is 20.2. The Kier molecular flexibility index (Phi) is 19.3. The zero-order valence-corrected chi connectivity index (χ0v) is 12.5. The van der Waals surface area contributed by atoms with Crippen molar-refractivity contribution in [3.63, 3.8) is 0 Å². The van der Waals surface area contributed by atoms with Gasteiger partial charge in [-0.3, -0.25) is 9.59 Å². The minimum absolute atomic E-state index is 0.0202. The first-order valence-electron chi connectivity index (χ1n) is 6.34. The Bertz CT molecular complexity index is 238. The number of carbonyl (C=O) groups is 3. The summed E-state index contributed by atoms with van der Waals surface area (Å²) in [7, 11) is 0. The maximum atomic E-state index is 10.9.